The Morgan fingerprint density at radius 3 is 2.31 bits per heavy atom. The molecule has 2 aromatic rings. The Hall–Kier alpha value is -3.19. The van der Waals surface area contributed by atoms with Gasteiger partial charge in [0.05, 0.1) is 18.8 Å². The molecule has 0 bridgehead atoms. The molecule has 0 spiro atoms. The van der Waals surface area contributed by atoms with Crippen molar-refractivity contribution in [3.05, 3.63) is 64.7 Å². The Balaban J connectivity index is 0.000000580. The second kappa shape index (κ2) is 14.8. The molecule has 3 N–H and O–H groups in total. The highest BCUT2D eigenvalue weighted by Gasteiger charge is 2.38. The lowest BCUT2D eigenvalue weighted by atomic mass is 9.81. The van der Waals surface area contributed by atoms with Crippen LogP contribution in [0.5, 0.6) is 5.75 Å². The van der Waals surface area contributed by atoms with Crippen LogP contribution >= 0.6 is 0 Å². The van der Waals surface area contributed by atoms with Gasteiger partial charge in [0.1, 0.15) is 17.6 Å². The Kier molecular flexibility index (Phi) is 12.2. The van der Waals surface area contributed by atoms with Crippen LogP contribution in [0.4, 0.5) is 0 Å². The third kappa shape index (κ3) is 9.20. The maximum absolute atomic E-state index is 13.2. The van der Waals surface area contributed by atoms with Crippen molar-refractivity contribution < 1.29 is 24.2 Å². The number of benzene rings is 2. The average molecular weight is 539 g/mol. The maximum Gasteiger partial charge on any atom is 0.258 e. The molecule has 0 fully saturated rings. The van der Waals surface area contributed by atoms with Gasteiger partial charge in [-0.05, 0) is 48.6 Å². The second-order valence-corrected chi connectivity index (χ2v) is 11.5. The van der Waals surface area contributed by atoms with Crippen LogP contribution in [-0.4, -0.2) is 40.3 Å². The molecule has 2 aromatic carbocycles. The van der Waals surface area contributed by atoms with Crippen molar-refractivity contribution in [1.29, 1.82) is 0 Å². The summed E-state index contributed by atoms with van der Waals surface area (Å²) in [6, 6.07) is 12.7. The van der Waals surface area contributed by atoms with Crippen LogP contribution < -0.4 is 10.5 Å². The molecule has 2 atom stereocenters. The first-order valence-electron chi connectivity index (χ1n) is 13.9. The van der Waals surface area contributed by atoms with Crippen molar-refractivity contribution in [1.82, 2.24) is 4.90 Å². The summed E-state index contributed by atoms with van der Waals surface area (Å²) >= 11 is 0. The van der Waals surface area contributed by atoms with E-state index in [1.54, 1.807) is 12.1 Å². The Morgan fingerprint density at radius 2 is 1.79 bits per heavy atom. The van der Waals surface area contributed by atoms with Gasteiger partial charge < -0.3 is 25.3 Å². The minimum Gasteiger partial charge on any atom is -0.492 e. The molecular weight excluding hydrogens is 492 g/mol. The number of hydrogen-bond acceptors (Lipinski definition) is 5. The summed E-state index contributed by atoms with van der Waals surface area (Å²) in [7, 11) is 0. The zero-order valence-electron chi connectivity index (χ0n) is 24.5. The number of amides is 2. The molecule has 0 radical (unpaired) electrons. The molecular formula is C32H46N2O5. The summed E-state index contributed by atoms with van der Waals surface area (Å²) in [4.78, 5) is 38.0. The minimum atomic E-state index is -0.868. The number of hydrogen-bond donors (Lipinski definition) is 2. The average Bonchev–Trinajstić information content (AvgIpc) is 3.22. The molecule has 214 valence electrons. The number of carbonyl (C=O) groups excluding carboxylic acids is 3. The van der Waals surface area contributed by atoms with Crippen molar-refractivity contribution >= 4 is 17.6 Å². The maximum atomic E-state index is 13.2. The van der Waals surface area contributed by atoms with Crippen LogP contribution in [0.25, 0.3) is 0 Å². The number of aryl methyl sites for hydroxylation is 1. The van der Waals surface area contributed by atoms with E-state index in [9.17, 15) is 19.5 Å². The fourth-order valence-electron chi connectivity index (χ4n) is 4.47. The number of Topliss-reactive ketones (excluding diaryl/α,β-unsaturated/α-hetero) is 1. The van der Waals surface area contributed by atoms with E-state index in [0.717, 1.165) is 18.8 Å². The summed E-state index contributed by atoms with van der Waals surface area (Å²) in [5, 5.41) is 9.76. The number of nitrogens with zero attached hydrogens (tertiary/aromatic N) is 1. The number of carbonyl (C=O) groups is 3. The van der Waals surface area contributed by atoms with Crippen molar-refractivity contribution in [3.8, 4) is 5.75 Å². The second-order valence-electron chi connectivity index (χ2n) is 11.5. The van der Waals surface area contributed by atoms with Crippen LogP contribution in [-0.2, 0) is 29.2 Å². The normalized spacial score (nSPS) is 14.2. The summed E-state index contributed by atoms with van der Waals surface area (Å²) < 4.78 is 5.97. The van der Waals surface area contributed by atoms with E-state index in [1.807, 2.05) is 30.3 Å². The molecule has 1 aliphatic rings. The largest absolute Gasteiger partial charge is 0.492 e. The summed E-state index contributed by atoms with van der Waals surface area (Å²) in [6.45, 7) is 13.2. The first-order chi connectivity index (χ1) is 18.4. The molecule has 3 rings (SSSR count). The minimum absolute atomic E-state index is 0.0691. The van der Waals surface area contributed by atoms with Gasteiger partial charge in [-0.15, -0.1) is 0 Å². The standard InChI is InChI=1S/C24H28N2O5.C8H18/c1-16(28)9-12-20(23(25)29)26-14-18-10-11-19(15-27)22(21(18)24(26)30)31-13-5-8-17-6-3-2-4-7-17;1-6-7(2)8(3,4)5/h2-4,6-7,10-11,20,27H,5,8-9,12-15H2,1H3,(H2,25,29);7H,6H2,1-5H3. The van der Waals surface area contributed by atoms with E-state index in [1.165, 1.54) is 23.8 Å². The Morgan fingerprint density at radius 1 is 1.13 bits per heavy atom. The molecule has 0 saturated carbocycles. The number of ether oxygens (including phenoxy) is 1. The van der Waals surface area contributed by atoms with Gasteiger partial charge in [-0.2, -0.15) is 0 Å². The van der Waals surface area contributed by atoms with E-state index in [0.29, 0.717) is 34.5 Å². The van der Waals surface area contributed by atoms with Crippen molar-refractivity contribution in [3.63, 3.8) is 0 Å². The molecule has 7 heteroatoms. The van der Waals surface area contributed by atoms with E-state index in [-0.39, 0.29) is 37.7 Å². The van der Waals surface area contributed by atoms with Crippen LogP contribution in [0.15, 0.2) is 42.5 Å². The van der Waals surface area contributed by atoms with Crippen LogP contribution in [0.2, 0.25) is 0 Å². The lowest BCUT2D eigenvalue weighted by Gasteiger charge is -2.25. The number of rotatable bonds is 12. The van der Waals surface area contributed by atoms with Gasteiger partial charge >= 0.3 is 0 Å². The highest BCUT2D eigenvalue weighted by molar-refractivity contribution is 6.03. The molecule has 2 unspecified atom stereocenters. The third-order valence-corrected chi connectivity index (χ3v) is 7.58. The summed E-state index contributed by atoms with van der Waals surface area (Å²) in [6.07, 6.45) is 3.23. The van der Waals surface area contributed by atoms with Crippen molar-refractivity contribution in [2.75, 3.05) is 6.61 Å². The Bertz CT molecular complexity index is 1110. The number of aliphatic hydroxyl groups is 1. The smallest absolute Gasteiger partial charge is 0.258 e. The Labute approximate surface area is 233 Å². The number of ketones is 1. The van der Waals surface area contributed by atoms with Gasteiger partial charge in [-0.25, -0.2) is 0 Å². The highest BCUT2D eigenvalue weighted by Crippen LogP contribution is 2.36. The van der Waals surface area contributed by atoms with E-state index >= 15 is 0 Å². The molecule has 1 aliphatic heterocycles. The fourth-order valence-corrected chi connectivity index (χ4v) is 4.47. The monoisotopic (exact) mass is 538 g/mol. The van der Waals surface area contributed by atoms with Crippen molar-refractivity contribution in [2.45, 2.75) is 92.8 Å². The molecule has 1 heterocycles. The van der Waals surface area contributed by atoms with Gasteiger partial charge in [0.15, 0.2) is 0 Å². The van der Waals surface area contributed by atoms with Crippen molar-refractivity contribution in [2.24, 2.45) is 17.1 Å². The van der Waals surface area contributed by atoms with Gasteiger partial charge in [0.2, 0.25) is 5.91 Å². The highest BCUT2D eigenvalue weighted by atomic mass is 16.5. The quantitative estimate of drug-likeness (QED) is 0.349. The first kappa shape index (κ1) is 32.0. The lowest BCUT2D eigenvalue weighted by molar-refractivity contribution is -0.123. The number of aliphatic hydroxyl groups excluding tert-OH is 1. The SMILES string of the molecule is CC(=O)CCC(C(N)=O)N1Cc2ccc(CO)c(OCCCc3ccccc3)c2C1=O.CCC(C)C(C)(C)C. The summed E-state index contributed by atoms with van der Waals surface area (Å²) in [5.41, 5.74) is 8.84. The van der Waals surface area contributed by atoms with Crippen LogP contribution in [0, 0.1) is 11.3 Å². The number of fused-ring (bicyclic) bond motifs is 1. The first-order valence-corrected chi connectivity index (χ1v) is 13.9. The molecule has 0 saturated heterocycles. The topological polar surface area (TPSA) is 110 Å². The number of primary amides is 1. The molecule has 2 amide bonds. The molecule has 0 aromatic heterocycles. The van der Waals surface area contributed by atoms with E-state index in [2.05, 4.69) is 34.6 Å². The zero-order chi connectivity index (χ0) is 29.2. The predicted octanol–water partition coefficient (Wildman–Crippen LogP) is 5.45. The van der Waals surface area contributed by atoms with Gasteiger partial charge in [-0.3, -0.25) is 9.59 Å². The molecule has 39 heavy (non-hydrogen) atoms. The third-order valence-electron chi connectivity index (χ3n) is 7.58. The van der Waals surface area contributed by atoms with Gasteiger partial charge in [-0.1, -0.05) is 83.5 Å². The van der Waals surface area contributed by atoms with Crippen LogP contribution in [0.3, 0.4) is 0 Å². The zero-order valence-corrected chi connectivity index (χ0v) is 24.5. The molecule has 0 aliphatic carbocycles. The van der Waals surface area contributed by atoms with E-state index in [4.69, 9.17) is 10.5 Å². The lowest BCUT2D eigenvalue weighted by Crippen LogP contribution is -2.45. The number of nitrogens with two attached hydrogens (primary N) is 1. The molecule has 7 nitrogen and oxygen atoms in total. The summed E-state index contributed by atoms with van der Waals surface area (Å²) in [5.74, 6) is 0.129. The van der Waals surface area contributed by atoms with E-state index < -0.39 is 11.9 Å². The van der Waals surface area contributed by atoms with Crippen LogP contribution in [0.1, 0.15) is 94.3 Å². The fraction of sp³-hybridized carbons (Fsp3) is 0.531. The van der Waals surface area contributed by atoms with Gasteiger partial charge in [0.25, 0.3) is 5.91 Å². The predicted molar refractivity (Wildman–Crippen MR) is 154 cm³/mol. The van der Waals surface area contributed by atoms with Gasteiger partial charge in [0, 0.05) is 18.5 Å².